The molecule has 0 unspecified atom stereocenters. The van der Waals surface area contributed by atoms with E-state index in [9.17, 15) is 0 Å². The molecular weight excluding hydrogens is 380 g/mol. The third kappa shape index (κ3) is 4.52. The van der Waals surface area contributed by atoms with Gasteiger partial charge in [-0.1, -0.05) is 0 Å². The third-order valence-corrected chi connectivity index (χ3v) is 7.22. The highest BCUT2D eigenvalue weighted by molar-refractivity contribution is 7.25. The Bertz CT molecular complexity index is 962. The standard InChI is InChI=1S/C24H30N2O2S/c1-9-25(10-1)13-3-15-27-19-6-8-23-22(17-19)21-7-5-20(18-24(21)29-23)28-16-4-14-26-11-2-12-26/h5-8,17-18H,1-4,9-16H2. The summed E-state index contributed by atoms with van der Waals surface area (Å²) in [5.74, 6) is 1.96. The third-order valence-electron chi connectivity index (χ3n) is 6.09. The zero-order valence-corrected chi connectivity index (χ0v) is 17.9. The van der Waals surface area contributed by atoms with Crippen molar-refractivity contribution in [2.75, 3.05) is 52.5 Å². The lowest BCUT2D eigenvalue weighted by atomic mass is 10.1. The van der Waals surface area contributed by atoms with Crippen LogP contribution in [-0.4, -0.2) is 62.3 Å². The normalized spacial score (nSPS) is 17.4. The van der Waals surface area contributed by atoms with E-state index in [1.165, 1.54) is 59.2 Å². The number of benzene rings is 2. The van der Waals surface area contributed by atoms with Crippen LogP contribution < -0.4 is 9.47 Å². The van der Waals surface area contributed by atoms with Crippen LogP contribution in [0.15, 0.2) is 36.4 Å². The first-order chi connectivity index (χ1) is 14.3. The van der Waals surface area contributed by atoms with Gasteiger partial charge in [0.1, 0.15) is 11.5 Å². The van der Waals surface area contributed by atoms with Crippen molar-refractivity contribution in [3.05, 3.63) is 36.4 Å². The van der Waals surface area contributed by atoms with E-state index in [0.717, 1.165) is 50.6 Å². The van der Waals surface area contributed by atoms with Crippen LogP contribution in [0.25, 0.3) is 20.2 Å². The van der Waals surface area contributed by atoms with Crippen LogP contribution in [-0.2, 0) is 0 Å². The Morgan fingerprint density at radius 3 is 1.93 bits per heavy atom. The van der Waals surface area contributed by atoms with Crippen molar-refractivity contribution in [1.82, 2.24) is 9.80 Å². The molecule has 0 N–H and O–H groups in total. The van der Waals surface area contributed by atoms with Crippen molar-refractivity contribution in [2.24, 2.45) is 0 Å². The SMILES string of the molecule is c1cc2c(cc1OCCCN1CCC1)sc1ccc(OCCCN3CCC3)cc12. The molecule has 0 aliphatic carbocycles. The van der Waals surface area contributed by atoms with E-state index < -0.39 is 0 Å². The molecule has 2 fully saturated rings. The molecule has 0 radical (unpaired) electrons. The van der Waals surface area contributed by atoms with Gasteiger partial charge < -0.3 is 19.3 Å². The number of thiophene rings is 1. The van der Waals surface area contributed by atoms with Crippen molar-refractivity contribution in [1.29, 1.82) is 0 Å². The second kappa shape index (κ2) is 8.90. The molecule has 5 rings (SSSR count). The Hall–Kier alpha value is -1.82. The molecule has 3 heterocycles. The van der Waals surface area contributed by atoms with E-state index in [0.29, 0.717) is 0 Å². The van der Waals surface area contributed by atoms with Crippen molar-refractivity contribution in [3.63, 3.8) is 0 Å². The van der Waals surface area contributed by atoms with E-state index >= 15 is 0 Å². The van der Waals surface area contributed by atoms with Crippen molar-refractivity contribution < 1.29 is 9.47 Å². The van der Waals surface area contributed by atoms with Crippen LogP contribution in [0.5, 0.6) is 11.5 Å². The molecule has 5 heteroatoms. The predicted octanol–water partition coefficient (Wildman–Crippen LogP) is 5.00. The molecule has 0 amide bonds. The molecule has 0 saturated carbocycles. The second-order valence-electron chi connectivity index (χ2n) is 8.21. The van der Waals surface area contributed by atoms with E-state index in [2.05, 4.69) is 46.2 Å². The maximum absolute atomic E-state index is 6.02. The first-order valence-electron chi connectivity index (χ1n) is 11.0. The van der Waals surface area contributed by atoms with Crippen molar-refractivity contribution in [2.45, 2.75) is 25.7 Å². The van der Waals surface area contributed by atoms with Gasteiger partial charge in [0, 0.05) is 33.3 Å². The van der Waals surface area contributed by atoms with Gasteiger partial charge in [-0.05, 0) is 88.3 Å². The minimum absolute atomic E-state index is 0.791. The summed E-state index contributed by atoms with van der Waals surface area (Å²) in [5, 5.41) is 2.58. The smallest absolute Gasteiger partial charge is 0.120 e. The first kappa shape index (κ1) is 19.2. The zero-order chi connectivity index (χ0) is 19.5. The Balaban J connectivity index is 1.19. The topological polar surface area (TPSA) is 24.9 Å². The fourth-order valence-corrected chi connectivity index (χ4v) is 5.20. The molecule has 0 spiro atoms. The van der Waals surface area contributed by atoms with Gasteiger partial charge in [-0.3, -0.25) is 0 Å². The van der Waals surface area contributed by atoms with Crippen LogP contribution >= 0.6 is 11.3 Å². The molecule has 154 valence electrons. The van der Waals surface area contributed by atoms with Crippen LogP contribution in [0.1, 0.15) is 25.7 Å². The van der Waals surface area contributed by atoms with Crippen molar-refractivity contribution in [3.8, 4) is 11.5 Å². The summed E-state index contributed by atoms with van der Waals surface area (Å²) in [7, 11) is 0. The van der Waals surface area contributed by atoms with Crippen LogP contribution in [0, 0.1) is 0 Å². The highest BCUT2D eigenvalue weighted by Crippen LogP contribution is 2.37. The highest BCUT2D eigenvalue weighted by Gasteiger charge is 2.13. The number of likely N-dealkylation sites (tertiary alicyclic amines) is 2. The lowest BCUT2D eigenvalue weighted by Crippen LogP contribution is -2.38. The molecule has 4 nitrogen and oxygen atoms in total. The van der Waals surface area contributed by atoms with Crippen molar-refractivity contribution >= 4 is 31.5 Å². The minimum Gasteiger partial charge on any atom is -0.494 e. The Kier molecular flexibility index (Phi) is 5.88. The number of nitrogens with zero attached hydrogens (tertiary/aromatic N) is 2. The Morgan fingerprint density at radius 2 is 1.31 bits per heavy atom. The number of ether oxygens (including phenoxy) is 2. The summed E-state index contributed by atoms with van der Waals surface area (Å²) in [4.78, 5) is 4.98. The van der Waals surface area contributed by atoms with Crippen LogP contribution in [0.2, 0.25) is 0 Å². The minimum atomic E-state index is 0.791. The van der Waals surface area contributed by atoms with Gasteiger partial charge in [0.05, 0.1) is 13.2 Å². The molecule has 29 heavy (non-hydrogen) atoms. The largest absolute Gasteiger partial charge is 0.494 e. The quantitative estimate of drug-likeness (QED) is 0.439. The summed E-state index contributed by atoms with van der Waals surface area (Å²) in [5.41, 5.74) is 0. The monoisotopic (exact) mass is 410 g/mol. The van der Waals surface area contributed by atoms with E-state index in [1.54, 1.807) is 0 Å². The molecule has 2 aliphatic heterocycles. The number of rotatable bonds is 10. The van der Waals surface area contributed by atoms with Gasteiger partial charge >= 0.3 is 0 Å². The second-order valence-corrected chi connectivity index (χ2v) is 9.30. The van der Waals surface area contributed by atoms with Gasteiger partial charge in [0.25, 0.3) is 0 Å². The zero-order valence-electron chi connectivity index (χ0n) is 17.1. The average molecular weight is 411 g/mol. The lowest BCUT2D eigenvalue weighted by Gasteiger charge is -2.30. The molecular formula is C24H30N2O2S. The highest BCUT2D eigenvalue weighted by atomic mass is 32.1. The molecule has 3 aromatic rings. The molecule has 1 aromatic heterocycles. The average Bonchev–Trinajstić information content (AvgIpc) is 3.02. The molecule has 0 atom stereocenters. The maximum Gasteiger partial charge on any atom is 0.120 e. The van der Waals surface area contributed by atoms with Gasteiger partial charge in [-0.25, -0.2) is 0 Å². The summed E-state index contributed by atoms with van der Waals surface area (Å²) in [6.07, 6.45) is 4.91. The molecule has 2 saturated heterocycles. The van der Waals surface area contributed by atoms with Gasteiger partial charge in [0.2, 0.25) is 0 Å². The molecule has 2 aliphatic rings. The Morgan fingerprint density at radius 1 is 0.690 bits per heavy atom. The van der Waals surface area contributed by atoms with E-state index in [1.807, 2.05) is 11.3 Å². The van der Waals surface area contributed by atoms with E-state index in [-0.39, 0.29) is 0 Å². The van der Waals surface area contributed by atoms with E-state index in [4.69, 9.17) is 9.47 Å². The van der Waals surface area contributed by atoms with Gasteiger partial charge in [0.15, 0.2) is 0 Å². The van der Waals surface area contributed by atoms with Crippen LogP contribution in [0.3, 0.4) is 0 Å². The summed E-state index contributed by atoms with van der Waals surface area (Å²) in [6, 6.07) is 13.0. The number of fused-ring (bicyclic) bond motifs is 3. The maximum atomic E-state index is 6.02. The predicted molar refractivity (Wildman–Crippen MR) is 122 cm³/mol. The first-order valence-corrected chi connectivity index (χ1v) is 11.8. The fraction of sp³-hybridized carbons (Fsp3) is 0.500. The van der Waals surface area contributed by atoms with Gasteiger partial charge in [-0.15, -0.1) is 11.3 Å². The number of hydrogen-bond donors (Lipinski definition) is 0. The summed E-state index contributed by atoms with van der Waals surface area (Å²) < 4.78 is 14.6. The summed E-state index contributed by atoms with van der Waals surface area (Å²) in [6.45, 7) is 8.95. The summed E-state index contributed by atoms with van der Waals surface area (Å²) >= 11 is 1.83. The Labute approximate surface area is 177 Å². The number of hydrogen-bond acceptors (Lipinski definition) is 5. The van der Waals surface area contributed by atoms with Gasteiger partial charge in [-0.2, -0.15) is 0 Å². The van der Waals surface area contributed by atoms with Crippen LogP contribution in [0.4, 0.5) is 0 Å². The lowest BCUT2D eigenvalue weighted by molar-refractivity contribution is 0.165. The fourth-order valence-electron chi connectivity index (χ4n) is 4.08. The molecule has 0 bridgehead atoms. The molecule has 2 aromatic carbocycles.